The number of aryl methyl sites for hydroxylation is 1. The van der Waals surface area contributed by atoms with Crippen LogP contribution in [0.15, 0.2) is 36.5 Å². The molecule has 4 heterocycles. The van der Waals surface area contributed by atoms with Crippen molar-refractivity contribution in [3.05, 3.63) is 52.9 Å². The third kappa shape index (κ3) is 4.86. The van der Waals surface area contributed by atoms with Gasteiger partial charge in [0.1, 0.15) is 5.82 Å². The van der Waals surface area contributed by atoms with Gasteiger partial charge in [-0.05, 0) is 56.5 Å². The number of pyridine rings is 1. The maximum absolute atomic E-state index is 6.59. The molecule has 1 aliphatic heterocycles. The molecule has 0 saturated carbocycles. The molecule has 174 valence electrons. The monoisotopic (exact) mass is 491 g/mol. The smallest absolute Gasteiger partial charge is 0.243 e. The Morgan fingerprint density at radius 1 is 1.18 bits per heavy atom. The van der Waals surface area contributed by atoms with Gasteiger partial charge in [0.2, 0.25) is 11.1 Å². The number of benzene rings is 1. The van der Waals surface area contributed by atoms with E-state index in [1.807, 2.05) is 48.0 Å². The van der Waals surface area contributed by atoms with Gasteiger partial charge in [0.05, 0.1) is 0 Å². The number of fused-ring (bicyclic) bond motifs is 1. The highest BCUT2D eigenvalue weighted by Crippen LogP contribution is 2.32. The van der Waals surface area contributed by atoms with E-state index in [1.165, 1.54) is 11.5 Å². The van der Waals surface area contributed by atoms with Crippen molar-refractivity contribution in [3.8, 4) is 23.0 Å². The molecule has 0 radical (unpaired) electrons. The maximum Gasteiger partial charge on any atom is 0.243 e. The normalized spacial score (nSPS) is 14.3. The Hall–Kier alpha value is -3.15. The molecule has 1 saturated heterocycles. The number of rotatable bonds is 5. The lowest BCUT2D eigenvalue weighted by Crippen LogP contribution is -2.39. The van der Waals surface area contributed by atoms with Crippen LogP contribution < -0.4 is 10.2 Å². The zero-order valence-corrected chi connectivity index (χ0v) is 20.8. The standard InChI is InChI=1S/C25H26ClN7S/c1-3-4-5-7-18-9-10-22(26)21(16-18)20-8-6-13-33-23(20)29-24(30-33)28-19-11-14-32(15-12-19)25-27-17(2)31-34-25/h6,8-10,13,16,19H,3-4,11-12,14-15H2,1-2H3,(H,28,30). The summed E-state index contributed by atoms with van der Waals surface area (Å²) >= 11 is 8.05. The summed E-state index contributed by atoms with van der Waals surface area (Å²) in [5.74, 6) is 7.90. The highest BCUT2D eigenvalue weighted by Gasteiger charge is 2.23. The minimum atomic E-state index is 0.312. The second kappa shape index (κ2) is 10.00. The summed E-state index contributed by atoms with van der Waals surface area (Å²) in [4.78, 5) is 11.6. The van der Waals surface area contributed by atoms with Gasteiger partial charge in [-0.1, -0.05) is 30.4 Å². The molecule has 0 amide bonds. The Kier molecular flexibility index (Phi) is 6.66. The minimum absolute atomic E-state index is 0.312. The average molecular weight is 492 g/mol. The quantitative estimate of drug-likeness (QED) is 0.375. The maximum atomic E-state index is 6.59. The van der Waals surface area contributed by atoms with Crippen molar-refractivity contribution in [1.29, 1.82) is 0 Å². The van der Waals surface area contributed by atoms with Crippen LogP contribution in [0.5, 0.6) is 0 Å². The van der Waals surface area contributed by atoms with E-state index in [-0.39, 0.29) is 0 Å². The Balaban J connectivity index is 1.35. The molecule has 0 bridgehead atoms. The molecular formula is C25H26ClN7S. The number of nitrogens with one attached hydrogen (secondary N) is 1. The van der Waals surface area contributed by atoms with Crippen LogP contribution in [0.1, 0.15) is 44.0 Å². The first-order chi connectivity index (χ1) is 16.6. The highest BCUT2D eigenvalue weighted by atomic mass is 35.5. The molecule has 4 aromatic rings. The number of piperidine rings is 1. The van der Waals surface area contributed by atoms with E-state index in [1.54, 1.807) is 0 Å². The van der Waals surface area contributed by atoms with Crippen molar-refractivity contribution in [2.75, 3.05) is 23.3 Å². The fourth-order valence-corrected chi connectivity index (χ4v) is 5.03. The molecule has 0 unspecified atom stereocenters. The fraction of sp³-hybridized carbons (Fsp3) is 0.360. The van der Waals surface area contributed by atoms with E-state index in [4.69, 9.17) is 16.6 Å². The van der Waals surface area contributed by atoms with Crippen LogP contribution >= 0.6 is 23.1 Å². The number of aromatic nitrogens is 5. The molecule has 1 N–H and O–H groups in total. The van der Waals surface area contributed by atoms with E-state index < -0.39 is 0 Å². The van der Waals surface area contributed by atoms with Crippen LogP contribution in [-0.2, 0) is 0 Å². The number of halogens is 1. The van der Waals surface area contributed by atoms with Gasteiger partial charge in [-0.25, -0.2) is 9.50 Å². The number of unbranched alkanes of at least 4 members (excludes halogenated alkanes) is 1. The molecule has 0 spiro atoms. The number of hydrogen-bond acceptors (Lipinski definition) is 7. The lowest BCUT2D eigenvalue weighted by atomic mass is 10.0. The summed E-state index contributed by atoms with van der Waals surface area (Å²) in [5.41, 5.74) is 3.57. The van der Waals surface area contributed by atoms with E-state index in [0.717, 1.165) is 72.1 Å². The molecule has 0 atom stereocenters. The van der Waals surface area contributed by atoms with Gasteiger partial charge in [0.25, 0.3) is 0 Å². The first-order valence-corrected chi connectivity index (χ1v) is 12.7. The summed E-state index contributed by atoms with van der Waals surface area (Å²) in [6.07, 6.45) is 5.82. The molecule has 7 nitrogen and oxygen atoms in total. The van der Waals surface area contributed by atoms with E-state index >= 15 is 0 Å². The van der Waals surface area contributed by atoms with Gasteiger partial charge in [0.15, 0.2) is 5.65 Å². The van der Waals surface area contributed by atoms with Crippen molar-refractivity contribution >= 4 is 39.9 Å². The van der Waals surface area contributed by atoms with E-state index in [0.29, 0.717) is 17.0 Å². The van der Waals surface area contributed by atoms with Crippen LogP contribution in [0.2, 0.25) is 5.02 Å². The Labute approximate surface area is 208 Å². The Morgan fingerprint density at radius 3 is 2.79 bits per heavy atom. The summed E-state index contributed by atoms with van der Waals surface area (Å²) in [6.45, 7) is 5.93. The van der Waals surface area contributed by atoms with Crippen molar-refractivity contribution in [1.82, 2.24) is 24.0 Å². The van der Waals surface area contributed by atoms with Gasteiger partial charge in [-0.2, -0.15) is 9.36 Å². The summed E-state index contributed by atoms with van der Waals surface area (Å²) in [7, 11) is 0. The van der Waals surface area contributed by atoms with Crippen molar-refractivity contribution < 1.29 is 0 Å². The third-order valence-electron chi connectivity index (χ3n) is 5.84. The van der Waals surface area contributed by atoms with Crippen molar-refractivity contribution in [2.24, 2.45) is 0 Å². The molecule has 9 heteroatoms. The molecule has 1 aliphatic rings. The van der Waals surface area contributed by atoms with E-state index in [9.17, 15) is 0 Å². The first-order valence-electron chi connectivity index (χ1n) is 11.6. The van der Waals surface area contributed by atoms with E-state index in [2.05, 4.69) is 43.4 Å². The zero-order valence-electron chi connectivity index (χ0n) is 19.3. The first kappa shape index (κ1) is 22.6. The number of hydrogen-bond donors (Lipinski definition) is 1. The topological polar surface area (TPSA) is 71.2 Å². The number of nitrogens with zero attached hydrogens (tertiary/aromatic N) is 6. The predicted octanol–water partition coefficient (Wildman–Crippen LogP) is 5.44. The molecule has 1 aromatic carbocycles. The summed E-state index contributed by atoms with van der Waals surface area (Å²) in [5, 5.41) is 9.88. The van der Waals surface area contributed by atoms with Crippen molar-refractivity contribution in [2.45, 2.75) is 45.6 Å². The molecule has 1 fully saturated rings. The molecular weight excluding hydrogens is 466 g/mol. The second-order valence-corrected chi connectivity index (χ2v) is 9.54. The largest absolute Gasteiger partial charge is 0.350 e. The lowest BCUT2D eigenvalue weighted by Gasteiger charge is -2.31. The van der Waals surface area contributed by atoms with Crippen LogP contribution in [-0.4, -0.2) is 43.1 Å². The van der Waals surface area contributed by atoms with Crippen molar-refractivity contribution in [3.63, 3.8) is 0 Å². The van der Waals surface area contributed by atoms with Gasteiger partial charge >= 0.3 is 0 Å². The van der Waals surface area contributed by atoms with Gasteiger partial charge in [-0.3, -0.25) is 0 Å². The van der Waals surface area contributed by atoms with Gasteiger partial charge in [-0.15, -0.1) is 5.10 Å². The Bertz CT molecular complexity index is 1360. The van der Waals surface area contributed by atoms with Crippen LogP contribution in [0.3, 0.4) is 0 Å². The molecule has 3 aromatic heterocycles. The lowest BCUT2D eigenvalue weighted by molar-refractivity contribution is 0.523. The van der Waals surface area contributed by atoms with Crippen LogP contribution in [0, 0.1) is 18.8 Å². The van der Waals surface area contributed by atoms with Crippen LogP contribution in [0.4, 0.5) is 11.1 Å². The SMILES string of the molecule is CCCC#Cc1ccc(Cl)c(-c2cccn3nc(NC4CCN(c5nc(C)ns5)CC4)nc23)c1. The number of anilines is 2. The second-order valence-electron chi connectivity index (χ2n) is 8.40. The zero-order chi connectivity index (χ0) is 23.5. The van der Waals surface area contributed by atoms with Crippen LogP contribution in [0.25, 0.3) is 16.8 Å². The highest BCUT2D eigenvalue weighted by molar-refractivity contribution is 7.09. The minimum Gasteiger partial charge on any atom is -0.350 e. The Morgan fingerprint density at radius 2 is 2.03 bits per heavy atom. The molecule has 34 heavy (non-hydrogen) atoms. The van der Waals surface area contributed by atoms with Gasteiger partial charge < -0.3 is 10.2 Å². The predicted molar refractivity (Wildman–Crippen MR) is 139 cm³/mol. The third-order valence-corrected chi connectivity index (χ3v) is 7.04. The summed E-state index contributed by atoms with van der Waals surface area (Å²) in [6, 6.07) is 10.2. The van der Waals surface area contributed by atoms with Gasteiger partial charge in [0, 0.05) is 65.0 Å². The molecule has 5 rings (SSSR count). The average Bonchev–Trinajstić information content (AvgIpc) is 3.46. The molecule has 0 aliphatic carbocycles. The summed E-state index contributed by atoms with van der Waals surface area (Å²) < 4.78 is 6.11. The fourth-order valence-electron chi connectivity index (χ4n) is 4.09.